The second-order valence-corrected chi connectivity index (χ2v) is 15.2. The van der Waals surface area contributed by atoms with E-state index in [1.165, 1.54) is 60.7 Å². The maximum Gasteiger partial charge on any atom is 0.281 e. The van der Waals surface area contributed by atoms with Crippen molar-refractivity contribution in [1.29, 1.82) is 0 Å². The lowest BCUT2D eigenvalue weighted by molar-refractivity contribution is 0.0971. The number of nitrogens with one attached hydrogen (secondary N) is 2. The van der Waals surface area contributed by atoms with E-state index >= 15 is 0 Å². The number of nitrogens with two attached hydrogens (primary N) is 2. The predicted molar refractivity (Wildman–Crippen MR) is 193 cm³/mol. The zero-order chi connectivity index (χ0) is 35.4. The highest BCUT2D eigenvalue weighted by atomic mass is 35.5. The summed E-state index contributed by atoms with van der Waals surface area (Å²) >= 11 is 17.4. The first-order valence-electron chi connectivity index (χ1n) is 14.1. The number of rotatable bonds is 7. The first-order valence-corrected chi connectivity index (χ1v) is 18.2. The van der Waals surface area contributed by atoms with Crippen molar-refractivity contribution in [2.45, 2.75) is 42.7 Å². The van der Waals surface area contributed by atoms with Crippen molar-refractivity contribution < 1.29 is 35.0 Å². The Hall–Kier alpha value is -4.09. The normalized spacial score (nSPS) is 17.6. The summed E-state index contributed by atoms with van der Waals surface area (Å²) in [6.07, 6.45) is 2.04. The van der Waals surface area contributed by atoms with E-state index in [0.717, 1.165) is 12.8 Å². The van der Waals surface area contributed by atoms with Crippen molar-refractivity contribution in [3.63, 3.8) is 0 Å². The van der Waals surface area contributed by atoms with Gasteiger partial charge in [-0.1, -0.05) is 60.8 Å². The Morgan fingerprint density at radius 2 is 1.12 bits per heavy atom. The minimum Gasteiger partial charge on any atom is -0.384 e. The van der Waals surface area contributed by atoms with Gasteiger partial charge in [0.05, 0.1) is 16.8 Å². The third kappa shape index (κ3) is 8.87. The molecule has 1 aliphatic carbocycles. The van der Waals surface area contributed by atoms with Crippen LogP contribution < -0.4 is 20.9 Å². The average Bonchev–Trinajstić information content (AvgIpc) is 3.34. The van der Waals surface area contributed by atoms with Gasteiger partial charge in [0.2, 0.25) is 0 Å². The molecule has 0 radical (unpaired) electrons. The molecule has 0 aliphatic heterocycles. The van der Waals surface area contributed by atoms with Crippen molar-refractivity contribution in [2.24, 2.45) is 11.8 Å². The second-order valence-electron chi connectivity index (χ2n) is 10.8. The fraction of sp³-hybridized carbons (Fsp3) is 0.241. The molecular weight excluding hydrogens is 727 g/mol. The highest BCUT2D eigenvalue weighted by Crippen LogP contribution is 2.44. The van der Waals surface area contributed by atoms with Crippen molar-refractivity contribution in [3.8, 4) is 0 Å². The number of hydrogen-bond donors (Lipinski definition) is 4. The van der Waals surface area contributed by atoms with Crippen LogP contribution in [0.2, 0.25) is 15.5 Å². The molecule has 1 saturated carbocycles. The van der Waals surface area contributed by atoms with Gasteiger partial charge < -0.3 is 11.5 Å². The van der Waals surface area contributed by atoms with Crippen LogP contribution in [0.4, 0.5) is 11.6 Å². The van der Waals surface area contributed by atoms with Gasteiger partial charge in [0.25, 0.3) is 31.9 Å². The summed E-state index contributed by atoms with van der Waals surface area (Å²) in [7, 11) is -8.33. The summed E-state index contributed by atoms with van der Waals surface area (Å²) in [5, 5.41) is -0.559. The molecule has 1 aliphatic rings. The van der Waals surface area contributed by atoms with Gasteiger partial charge in [0.15, 0.2) is 10.1 Å². The third-order valence-electron chi connectivity index (χ3n) is 7.31. The van der Waals surface area contributed by atoms with Crippen LogP contribution in [0, 0.1) is 11.8 Å². The largest absolute Gasteiger partial charge is 0.384 e. The number of nitrogens with zero attached hydrogens (tertiary/aromatic N) is 4. The van der Waals surface area contributed by atoms with Crippen molar-refractivity contribution in [1.82, 2.24) is 29.4 Å². The fourth-order valence-electron chi connectivity index (χ4n) is 5.08. The number of carbonyl (C=O) groups excluding carboxylic acids is 2. The molecule has 4 heterocycles. The molecule has 1 fully saturated rings. The lowest BCUT2D eigenvalue weighted by Crippen LogP contribution is -2.33. The Morgan fingerprint density at radius 3 is 1.58 bits per heavy atom. The number of anilines is 2. The van der Waals surface area contributed by atoms with Crippen LogP contribution in [0.5, 0.6) is 0 Å². The van der Waals surface area contributed by atoms with Crippen molar-refractivity contribution in [2.75, 3.05) is 11.5 Å². The van der Waals surface area contributed by atoms with Crippen LogP contribution in [0.3, 0.4) is 0 Å². The lowest BCUT2D eigenvalue weighted by Gasteiger charge is -2.22. The maximum atomic E-state index is 12.8. The standard InChI is InChI=1S/C18H21ClN4O3S.C11H8Cl2N4O3S.6H2/c1-10-6-7-11(2)16(10)17-12(8-9-13(19)21-17)18(24)23-27(25,26)15-5-3-4-14(20)22-15;12-7-5-4-6(10(13)15-7)11(18)17-21(19,20)9-3-1-2-8(14)16-9;;;;;;/h3-5,8-11,16H,6-7H2,1-2H3,(H2,20,22)(H,23,24);1-5H,(H2,14,16)(H,17,18);6*1H/t10-,11+,16?;;;;;;;. The number of hydrogen-bond acceptors (Lipinski definition) is 12. The molecular formula is C29H41Cl3N8O6S2. The Morgan fingerprint density at radius 1 is 0.688 bits per heavy atom. The lowest BCUT2D eigenvalue weighted by atomic mass is 9.86. The van der Waals surface area contributed by atoms with Crippen LogP contribution in [-0.2, 0) is 20.0 Å². The number of halogens is 3. The van der Waals surface area contributed by atoms with Gasteiger partial charge in [-0.15, -0.1) is 0 Å². The molecule has 4 aromatic heterocycles. The highest BCUT2D eigenvalue weighted by Gasteiger charge is 2.36. The third-order valence-corrected chi connectivity index (χ3v) is 10.5. The summed E-state index contributed by atoms with van der Waals surface area (Å²) < 4.78 is 52.9. The summed E-state index contributed by atoms with van der Waals surface area (Å²) in [4.78, 5) is 40.1. The Kier molecular flexibility index (Phi) is 11.5. The first kappa shape index (κ1) is 36.7. The number of aromatic nitrogens is 4. The van der Waals surface area contributed by atoms with Gasteiger partial charge >= 0.3 is 0 Å². The van der Waals surface area contributed by atoms with Crippen LogP contribution in [0.1, 0.15) is 67.6 Å². The molecule has 6 N–H and O–H groups in total. The van der Waals surface area contributed by atoms with Gasteiger partial charge in [-0.3, -0.25) is 9.59 Å². The number of nitrogen functional groups attached to an aromatic ring is 2. The topological polar surface area (TPSA) is 230 Å². The van der Waals surface area contributed by atoms with Crippen molar-refractivity contribution >= 4 is 78.3 Å². The Bertz CT molecular complexity index is 2100. The first-order chi connectivity index (χ1) is 22.5. The van der Waals surface area contributed by atoms with Gasteiger partial charge in [0.1, 0.15) is 27.1 Å². The maximum absolute atomic E-state index is 12.8. The van der Waals surface area contributed by atoms with Crippen molar-refractivity contribution in [3.05, 3.63) is 92.9 Å². The minimum absolute atomic E-state index is 0. The summed E-state index contributed by atoms with van der Waals surface area (Å²) in [6.45, 7) is 4.21. The van der Waals surface area contributed by atoms with E-state index in [1.807, 2.05) is 4.72 Å². The SMILES string of the molecule is C[C@@H]1CC[C@H](C)C1c1nc(Cl)ccc1C(=O)NS(=O)(=O)c1cccc(N)n1.Nc1cccc(S(=O)(=O)NC(=O)c2ccc(Cl)nc2Cl)n1.[HH].[HH].[HH].[HH].[HH].[HH]. The van der Waals surface area contributed by atoms with Crippen LogP contribution in [0.25, 0.3) is 0 Å². The van der Waals surface area contributed by atoms with E-state index < -0.39 is 31.9 Å². The smallest absolute Gasteiger partial charge is 0.281 e. The van der Waals surface area contributed by atoms with Gasteiger partial charge in [-0.25, -0.2) is 29.4 Å². The van der Waals surface area contributed by atoms with Gasteiger partial charge in [0, 0.05) is 14.5 Å². The van der Waals surface area contributed by atoms with E-state index in [1.54, 1.807) is 0 Å². The van der Waals surface area contributed by atoms with Crippen LogP contribution in [-0.4, -0.2) is 48.6 Å². The predicted octanol–water partition coefficient (Wildman–Crippen LogP) is 5.94. The molecule has 1 unspecified atom stereocenters. The van der Waals surface area contributed by atoms with Crippen LogP contribution in [0.15, 0.2) is 70.7 Å². The van der Waals surface area contributed by atoms with E-state index in [9.17, 15) is 26.4 Å². The molecule has 5 rings (SSSR count). The average molecular weight is 768 g/mol. The van der Waals surface area contributed by atoms with Gasteiger partial charge in [-0.05, 0) is 73.2 Å². The quantitative estimate of drug-likeness (QED) is 0.160. The second kappa shape index (κ2) is 15.0. The monoisotopic (exact) mass is 766 g/mol. The molecule has 48 heavy (non-hydrogen) atoms. The summed E-state index contributed by atoms with van der Waals surface area (Å²) in [5.74, 6) is -0.963. The molecule has 0 spiro atoms. The zero-order valence-electron chi connectivity index (χ0n) is 25.3. The number of sulfonamides is 2. The number of carbonyl (C=O) groups is 2. The molecule has 3 atom stereocenters. The number of amides is 2. The molecule has 2 amide bonds. The van der Waals surface area contributed by atoms with E-state index in [2.05, 4.69) is 38.5 Å². The minimum atomic E-state index is -4.17. The molecule has 266 valence electrons. The Labute approximate surface area is 300 Å². The van der Waals surface area contributed by atoms with Gasteiger partial charge in [-0.2, -0.15) is 16.8 Å². The molecule has 4 aromatic rings. The van der Waals surface area contributed by atoms with E-state index in [-0.39, 0.29) is 62.8 Å². The molecule has 0 bridgehead atoms. The number of pyridine rings is 4. The molecule has 0 saturated heterocycles. The summed E-state index contributed by atoms with van der Waals surface area (Å²) in [5.41, 5.74) is 11.6. The zero-order valence-corrected chi connectivity index (χ0v) is 29.2. The van der Waals surface area contributed by atoms with E-state index in [0.29, 0.717) is 17.5 Å². The van der Waals surface area contributed by atoms with E-state index in [4.69, 9.17) is 46.3 Å². The molecule has 14 nitrogen and oxygen atoms in total. The Balaban J connectivity index is -0.000000888. The van der Waals surface area contributed by atoms with Crippen LogP contribution >= 0.6 is 34.8 Å². The summed E-state index contributed by atoms with van der Waals surface area (Å²) in [6, 6.07) is 13.8. The molecule has 0 aromatic carbocycles. The fourth-order valence-corrected chi connectivity index (χ4v) is 7.55. The molecule has 19 heteroatoms. The highest BCUT2D eigenvalue weighted by molar-refractivity contribution is 7.90.